The number of anilines is 2. The van der Waals surface area contributed by atoms with Crippen LogP contribution in [0.3, 0.4) is 0 Å². The van der Waals surface area contributed by atoms with Gasteiger partial charge in [0.25, 0.3) is 11.5 Å². The number of carbonyl (C=O) groups excluding carboxylic acids is 1. The quantitative estimate of drug-likeness (QED) is 0.0393. The molecule has 2 saturated heterocycles. The number of methoxy groups -OCH3 is 3. The Kier molecular flexibility index (Phi) is 20.6. The number of piperazine rings is 1. The minimum absolute atomic E-state index is 0.103. The van der Waals surface area contributed by atoms with Crippen molar-refractivity contribution in [2.24, 2.45) is 7.05 Å². The van der Waals surface area contributed by atoms with Crippen LogP contribution in [0.5, 0.6) is 17.2 Å². The Morgan fingerprint density at radius 1 is 0.759 bits per heavy atom. The van der Waals surface area contributed by atoms with Crippen LogP contribution in [0, 0.1) is 11.8 Å². The van der Waals surface area contributed by atoms with Crippen molar-refractivity contribution < 1.29 is 46.4 Å². The molecule has 0 aliphatic carbocycles. The van der Waals surface area contributed by atoms with Crippen molar-refractivity contribution in [2.45, 2.75) is 51.2 Å². The normalized spacial score (nSPS) is 14.7. The van der Waals surface area contributed by atoms with Crippen molar-refractivity contribution in [3.05, 3.63) is 118 Å². The van der Waals surface area contributed by atoms with E-state index in [1.807, 2.05) is 36.7 Å². The molecule has 7 aromatic rings. The first-order valence-corrected chi connectivity index (χ1v) is 27.9. The number of ether oxygens (including phenoxy) is 6. The lowest BCUT2D eigenvalue weighted by Gasteiger charge is -2.34. The molecule has 9 rings (SSSR count). The molecule has 2 fully saturated rings. The summed E-state index contributed by atoms with van der Waals surface area (Å²) in [6.07, 6.45) is 4.56. The Hall–Kier alpha value is -7.72. The van der Waals surface area contributed by atoms with Gasteiger partial charge in [-0.25, -0.2) is 4.68 Å². The predicted octanol–water partition coefficient (Wildman–Crippen LogP) is 6.50. The average Bonchev–Trinajstić information content (AvgIpc) is 4.28. The molecule has 0 saturated carbocycles. The number of aryl methyl sites for hydroxylation is 1. The van der Waals surface area contributed by atoms with Gasteiger partial charge in [-0.3, -0.25) is 24.4 Å². The summed E-state index contributed by atoms with van der Waals surface area (Å²) >= 11 is 0. The zero-order chi connectivity index (χ0) is 58.3. The number of amides is 1. The number of nitrogens with one attached hydrogen (secondary N) is 3. The highest BCUT2D eigenvalue weighted by Crippen LogP contribution is 2.38. The lowest BCUT2D eigenvalue weighted by atomic mass is 9.99. The number of carbonyl (C=O) groups is 1. The van der Waals surface area contributed by atoms with Crippen molar-refractivity contribution in [3.8, 4) is 40.2 Å². The van der Waals surface area contributed by atoms with Crippen LogP contribution in [-0.2, 0) is 47.4 Å². The van der Waals surface area contributed by atoms with Crippen LogP contribution in [0.4, 0.5) is 24.5 Å². The van der Waals surface area contributed by atoms with E-state index in [-0.39, 0.29) is 42.9 Å². The van der Waals surface area contributed by atoms with Crippen LogP contribution in [0.1, 0.15) is 40.2 Å². The summed E-state index contributed by atoms with van der Waals surface area (Å²) in [7, 11) is 8.65. The number of likely N-dealkylation sites (tertiary alicyclic amines) is 1. The SMILES string of the molecule is COc1cc(C(=O)NCCOCCOCCOCCn2cc(CN3CCN(Cc4c(OC)cc(-c5cn(C)c(=O)c6cnccc56)cc4OC)CC3)nn2)ccc1NCC#Cc1cc2c(NC3CCN(C)CC3)cccc2n1CC(F)(F)F. The third kappa shape index (κ3) is 15.9. The maximum Gasteiger partial charge on any atom is 0.406 e. The van der Waals surface area contributed by atoms with E-state index < -0.39 is 12.7 Å². The topological polar surface area (TPSA) is 189 Å². The molecule has 4 aromatic heterocycles. The summed E-state index contributed by atoms with van der Waals surface area (Å²) in [5.74, 6) is 7.47. The minimum Gasteiger partial charge on any atom is -0.496 e. The summed E-state index contributed by atoms with van der Waals surface area (Å²) in [5.41, 5.74) is 6.02. The Labute approximate surface area is 480 Å². The number of alkyl halides is 3. The van der Waals surface area contributed by atoms with Gasteiger partial charge >= 0.3 is 6.18 Å². The van der Waals surface area contributed by atoms with Gasteiger partial charge in [-0.15, -0.1) is 5.10 Å². The lowest BCUT2D eigenvalue weighted by Crippen LogP contribution is -2.45. The molecule has 3 N–H and O–H groups in total. The minimum atomic E-state index is -4.44. The second-order valence-corrected chi connectivity index (χ2v) is 20.6. The molecule has 2 aliphatic rings. The zero-order valence-electron chi connectivity index (χ0n) is 47.7. The fourth-order valence-electron chi connectivity index (χ4n) is 10.4. The highest BCUT2D eigenvalue weighted by Gasteiger charge is 2.30. The number of fused-ring (bicyclic) bond motifs is 2. The first-order valence-electron chi connectivity index (χ1n) is 27.9. The Balaban J connectivity index is 0.627. The Morgan fingerprint density at radius 3 is 2.17 bits per heavy atom. The summed E-state index contributed by atoms with van der Waals surface area (Å²) in [6.45, 7) is 8.76. The highest BCUT2D eigenvalue weighted by atomic mass is 19.4. The maximum absolute atomic E-state index is 13.8. The van der Waals surface area contributed by atoms with Crippen LogP contribution < -0.4 is 35.7 Å². The molecule has 0 spiro atoms. The van der Waals surface area contributed by atoms with Crippen molar-refractivity contribution >= 4 is 39.0 Å². The first kappa shape index (κ1) is 59.9. The van der Waals surface area contributed by atoms with Crippen LogP contribution in [-0.4, -0.2) is 182 Å². The number of benzene rings is 3. The van der Waals surface area contributed by atoms with Gasteiger partial charge in [-0.05, 0) is 104 Å². The number of hydrogen-bond donors (Lipinski definition) is 3. The van der Waals surface area contributed by atoms with Gasteiger partial charge in [-0.2, -0.15) is 13.2 Å². The van der Waals surface area contributed by atoms with Crippen molar-refractivity contribution in [1.29, 1.82) is 0 Å². The van der Waals surface area contributed by atoms with E-state index in [0.29, 0.717) is 86.0 Å². The Bertz CT molecular complexity index is 3410. The summed E-state index contributed by atoms with van der Waals surface area (Å²) in [5, 5.41) is 20.3. The second-order valence-electron chi connectivity index (χ2n) is 20.6. The van der Waals surface area contributed by atoms with Gasteiger partial charge in [0.2, 0.25) is 0 Å². The van der Waals surface area contributed by atoms with Gasteiger partial charge in [0.05, 0.1) is 108 Å². The van der Waals surface area contributed by atoms with E-state index in [9.17, 15) is 22.8 Å². The van der Waals surface area contributed by atoms with E-state index in [1.165, 1.54) is 11.7 Å². The zero-order valence-corrected chi connectivity index (χ0v) is 47.7. The molecule has 23 heteroatoms. The summed E-state index contributed by atoms with van der Waals surface area (Å²) in [6, 6.07) is 18.2. The number of hydrogen-bond acceptors (Lipinski definition) is 16. The average molecular weight is 1150 g/mol. The second kappa shape index (κ2) is 28.5. The van der Waals surface area contributed by atoms with E-state index in [4.69, 9.17) is 28.4 Å². The van der Waals surface area contributed by atoms with Crippen molar-refractivity contribution in [3.63, 3.8) is 0 Å². The molecule has 20 nitrogen and oxygen atoms in total. The fraction of sp³-hybridized carbons (Fsp3) is 0.450. The lowest BCUT2D eigenvalue weighted by molar-refractivity contribution is -0.140. The molecule has 0 radical (unpaired) electrons. The molecular formula is C60H73F3N12O8. The molecule has 0 atom stereocenters. The van der Waals surface area contributed by atoms with Crippen LogP contribution in [0.15, 0.2) is 90.2 Å². The van der Waals surface area contributed by atoms with Crippen molar-refractivity contribution in [2.75, 3.05) is 131 Å². The molecule has 3 aromatic carbocycles. The van der Waals surface area contributed by atoms with Crippen LogP contribution >= 0.6 is 0 Å². The van der Waals surface area contributed by atoms with Crippen molar-refractivity contribution in [1.82, 2.24) is 49.1 Å². The summed E-state index contributed by atoms with van der Waals surface area (Å²) < 4.78 is 80.5. The van der Waals surface area contributed by atoms with E-state index in [1.54, 1.807) is 79.3 Å². The number of rotatable bonds is 26. The number of nitrogens with zero attached hydrogens (tertiary/aromatic N) is 9. The standard InChI is InChI=1S/C60H73F3N12O8/c1-70-19-14-44(15-20-70)67-52-9-6-10-54-48(52)35-46(75(54)41-60(61,62)63)8-7-16-65-53-12-11-42(32-57(53)80-5)58(76)66-18-26-81-28-30-83-31-29-82-27-25-74-38-45(68-69-74)37-72-21-23-73(24-22-72)40-51-55(78-3)33-43(34-56(51)79-4)50-39-71(2)59(77)49-36-64-17-13-47(49)50/h6,9-13,17,32-36,38-39,44,65,67H,14-16,18-31,37,40-41H2,1-5H3,(H,66,76). The maximum atomic E-state index is 13.8. The first-order chi connectivity index (χ1) is 40.3. The molecule has 442 valence electrons. The largest absolute Gasteiger partial charge is 0.496 e. The molecule has 6 heterocycles. The monoisotopic (exact) mass is 1150 g/mol. The number of piperidine rings is 1. The number of pyridine rings is 2. The number of halogens is 3. The van der Waals surface area contributed by atoms with Gasteiger partial charge in [-0.1, -0.05) is 17.2 Å². The Morgan fingerprint density at radius 2 is 1.46 bits per heavy atom. The van der Waals surface area contributed by atoms with Crippen LogP contribution in [0.2, 0.25) is 0 Å². The van der Waals surface area contributed by atoms with Gasteiger partial charge in [0.1, 0.15) is 23.8 Å². The summed E-state index contributed by atoms with van der Waals surface area (Å²) in [4.78, 5) is 37.0. The van der Waals surface area contributed by atoms with Gasteiger partial charge in [0, 0.05) is 106 Å². The molecule has 0 bridgehead atoms. The third-order valence-corrected chi connectivity index (χ3v) is 14.9. The number of aromatic nitrogens is 6. The van der Waals surface area contributed by atoms with Crippen LogP contribution in [0.25, 0.3) is 32.8 Å². The highest BCUT2D eigenvalue weighted by molar-refractivity contribution is 5.97. The fourth-order valence-corrected chi connectivity index (χ4v) is 10.4. The molecular weight excluding hydrogens is 1070 g/mol. The smallest absolute Gasteiger partial charge is 0.406 e. The van der Waals surface area contributed by atoms with Gasteiger partial charge in [0.15, 0.2) is 0 Å². The molecule has 1 amide bonds. The van der Waals surface area contributed by atoms with Gasteiger partial charge < -0.3 is 58.4 Å². The van der Waals surface area contributed by atoms with E-state index >= 15 is 0 Å². The molecule has 2 aliphatic heterocycles. The third-order valence-electron chi connectivity index (χ3n) is 14.9. The van der Waals surface area contributed by atoms with E-state index in [0.717, 1.165) is 97.1 Å². The molecule has 83 heavy (non-hydrogen) atoms. The molecule has 0 unspecified atom stereocenters. The predicted molar refractivity (Wildman–Crippen MR) is 311 cm³/mol. The van der Waals surface area contributed by atoms with E-state index in [2.05, 4.69) is 64.8 Å².